The zero-order chi connectivity index (χ0) is 17.4. The van der Waals surface area contributed by atoms with Crippen LogP contribution in [0.15, 0.2) is 59.3 Å². The third-order valence-electron chi connectivity index (χ3n) is 3.97. The van der Waals surface area contributed by atoms with E-state index >= 15 is 0 Å². The Morgan fingerprint density at radius 2 is 1.76 bits per heavy atom. The van der Waals surface area contributed by atoms with E-state index in [-0.39, 0.29) is 11.5 Å². The maximum Gasteiger partial charge on any atom is 0.232 e. The summed E-state index contributed by atoms with van der Waals surface area (Å²) in [7, 11) is 0. The minimum Gasteiger partial charge on any atom is -0.508 e. The maximum absolute atomic E-state index is 9.62. The van der Waals surface area contributed by atoms with Gasteiger partial charge in [0, 0.05) is 22.9 Å². The first-order chi connectivity index (χ1) is 12.1. The molecular weight excluding hydrogens is 318 g/mol. The number of aromatic hydroxyl groups is 2. The van der Waals surface area contributed by atoms with E-state index in [0.717, 1.165) is 16.5 Å². The van der Waals surface area contributed by atoms with Crippen LogP contribution in [0, 0.1) is 6.92 Å². The molecule has 0 saturated carbocycles. The summed E-state index contributed by atoms with van der Waals surface area (Å²) in [5.41, 5.74) is 2.92. The molecule has 0 aliphatic rings. The van der Waals surface area contributed by atoms with Crippen LogP contribution in [0.5, 0.6) is 11.5 Å². The topological polar surface area (TPSA) is 91.4 Å². The summed E-state index contributed by atoms with van der Waals surface area (Å²) in [4.78, 5) is 8.52. The van der Waals surface area contributed by atoms with E-state index in [4.69, 9.17) is 4.42 Å². The second-order valence-corrected chi connectivity index (χ2v) is 5.68. The third-order valence-corrected chi connectivity index (χ3v) is 3.97. The third kappa shape index (κ3) is 2.74. The molecular formula is C19H15N3O3. The number of hydrogen-bond acceptors (Lipinski definition) is 6. The molecule has 0 saturated heterocycles. The van der Waals surface area contributed by atoms with Gasteiger partial charge in [0.15, 0.2) is 0 Å². The van der Waals surface area contributed by atoms with Gasteiger partial charge in [-0.25, -0.2) is 9.97 Å². The summed E-state index contributed by atoms with van der Waals surface area (Å²) in [6, 6.07) is 13.6. The largest absolute Gasteiger partial charge is 0.508 e. The summed E-state index contributed by atoms with van der Waals surface area (Å²) >= 11 is 0. The van der Waals surface area contributed by atoms with Gasteiger partial charge in [-0.15, -0.1) is 0 Å². The van der Waals surface area contributed by atoms with E-state index in [2.05, 4.69) is 15.3 Å². The van der Waals surface area contributed by atoms with Crippen molar-refractivity contribution in [2.45, 2.75) is 6.92 Å². The standard InChI is InChI=1S/C19H15N3O3/c1-11-16-18(22-13-3-2-4-15(24)9-13)20-10-21-19(16)25-17(11)12-5-7-14(23)8-6-12/h2-10,23-24H,1H3,(H,20,21,22). The highest BCUT2D eigenvalue weighted by atomic mass is 16.3. The molecule has 2 aromatic heterocycles. The fourth-order valence-corrected chi connectivity index (χ4v) is 2.77. The lowest BCUT2D eigenvalue weighted by atomic mass is 10.1. The molecule has 6 heteroatoms. The van der Waals surface area contributed by atoms with Gasteiger partial charge in [0.2, 0.25) is 5.71 Å². The predicted octanol–water partition coefficient (Wildman–Crippen LogP) is 4.35. The Bertz CT molecular complexity index is 1060. The molecule has 0 aliphatic carbocycles. The quantitative estimate of drug-likeness (QED) is 0.516. The smallest absolute Gasteiger partial charge is 0.232 e. The first-order valence-corrected chi connectivity index (χ1v) is 7.71. The zero-order valence-electron chi connectivity index (χ0n) is 13.4. The number of fused-ring (bicyclic) bond motifs is 1. The molecule has 25 heavy (non-hydrogen) atoms. The Morgan fingerprint density at radius 3 is 2.52 bits per heavy atom. The number of nitrogens with one attached hydrogen (secondary N) is 1. The molecule has 0 aliphatic heterocycles. The van der Waals surface area contributed by atoms with E-state index in [9.17, 15) is 10.2 Å². The molecule has 0 spiro atoms. The van der Waals surface area contributed by atoms with Crippen LogP contribution < -0.4 is 5.32 Å². The van der Waals surface area contributed by atoms with Crippen molar-refractivity contribution in [3.8, 4) is 22.8 Å². The minimum absolute atomic E-state index is 0.170. The number of rotatable bonds is 3. The van der Waals surface area contributed by atoms with Crippen molar-refractivity contribution in [3.05, 3.63) is 60.4 Å². The van der Waals surface area contributed by atoms with Crippen molar-refractivity contribution in [2.75, 3.05) is 5.32 Å². The molecule has 0 atom stereocenters. The maximum atomic E-state index is 9.62. The van der Waals surface area contributed by atoms with Gasteiger partial charge in [-0.3, -0.25) is 0 Å². The second-order valence-electron chi connectivity index (χ2n) is 5.68. The summed E-state index contributed by atoms with van der Waals surface area (Å²) in [6.45, 7) is 1.94. The number of nitrogens with zero attached hydrogens (tertiary/aromatic N) is 2. The van der Waals surface area contributed by atoms with Crippen molar-refractivity contribution in [1.29, 1.82) is 0 Å². The number of hydrogen-bond donors (Lipinski definition) is 3. The highest BCUT2D eigenvalue weighted by Gasteiger charge is 2.17. The van der Waals surface area contributed by atoms with Gasteiger partial charge >= 0.3 is 0 Å². The number of aryl methyl sites for hydroxylation is 1. The summed E-state index contributed by atoms with van der Waals surface area (Å²) < 4.78 is 5.90. The number of aromatic nitrogens is 2. The number of phenols is 2. The van der Waals surface area contributed by atoms with Crippen molar-refractivity contribution >= 4 is 22.6 Å². The van der Waals surface area contributed by atoms with Gasteiger partial charge in [-0.1, -0.05) is 6.07 Å². The number of benzene rings is 2. The van der Waals surface area contributed by atoms with E-state index in [1.807, 2.05) is 13.0 Å². The Balaban J connectivity index is 1.82. The Kier molecular flexibility index (Phi) is 3.50. The molecule has 2 aromatic carbocycles. The first-order valence-electron chi connectivity index (χ1n) is 7.71. The van der Waals surface area contributed by atoms with Crippen LogP contribution in [0.25, 0.3) is 22.4 Å². The van der Waals surface area contributed by atoms with Crippen molar-refractivity contribution in [2.24, 2.45) is 0 Å². The van der Waals surface area contributed by atoms with Crippen LogP contribution in [0.2, 0.25) is 0 Å². The van der Waals surface area contributed by atoms with Gasteiger partial charge in [-0.05, 0) is 43.3 Å². The van der Waals surface area contributed by atoms with Crippen LogP contribution >= 0.6 is 0 Å². The number of furan rings is 1. The van der Waals surface area contributed by atoms with E-state index in [0.29, 0.717) is 23.0 Å². The Labute approximate surface area is 143 Å². The lowest BCUT2D eigenvalue weighted by molar-refractivity contribution is 0.475. The van der Waals surface area contributed by atoms with Gasteiger partial charge < -0.3 is 19.9 Å². The average Bonchev–Trinajstić information content (AvgIpc) is 2.94. The summed E-state index contributed by atoms with van der Waals surface area (Å²) in [5.74, 6) is 1.64. The molecule has 0 fully saturated rings. The molecule has 124 valence electrons. The molecule has 0 unspecified atom stereocenters. The highest BCUT2D eigenvalue weighted by Crippen LogP contribution is 2.36. The van der Waals surface area contributed by atoms with Gasteiger partial charge in [0.05, 0.1) is 5.39 Å². The summed E-state index contributed by atoms with van der Waals surface area (Å²) in [6.07, 6.45) is 1.43. The highest BCUT2D eigenvalue weighted by molar-refractivity contribution is 5.94. The Hall–Kier alpha value is -3.54. The molecule has 4 aromatic rings. The van der Waals surface area contributed by atoms with Crippen molar-refractivity contribution < 1.29 is 14.6 Å². The first kappa shape index (κ1) is 15.0. The van der Waals surface area contributed by atoms with E-state index < -0.39 is 0 Å². The molecule has 0 radical (unpaired) electrons. The fraction of sp³-hybridized carbons (Fsp3) is 0.0526. The number of anilines is 2. The van der Waals surface area contributed by atoms with Crippen LogP contribution in [0.4, 0.5) is 11.5 Å². The monoisotopic (exact) mass is 333 g/mol. The number of phenolic OH excluding ortho intramolecular Hbond substituents is 2. The van der Waals surface area contributed by atoms with Crippen LogP contribution in [0.1, 0.15) is 5.56 Å². The van der Waals surface area contributed by atoms with Gasteiger partial charge in [0.25, 0.3) is 0 Å². The van der Waals surface area contributed by atoms with E-state index in [1.165, 1.54) is 6.33 Å². The lowest BCUT2D eigenvalue weighted by Crippen LogP contribution is -1.95. The van der Waals surface area contributed by atoms with Gasteiger partial charge in [0.1, 0.15) is 29.4 Å². The summed E-state index contributed by atoms with van der Waals surface area (Å²) in [5, 5.41) is 23.0. The van der Waals surface area contributed by atoms with Crippen LogP contribution in [-0.2, 0) is 0 Å². The van der Waals surface area contributed by atoms with Crippen molar-refractivity contribution in [1.82, 2.24) is 9.97 Å². The second kappa shape index (κ2) is 5.83. The minimum atomic E-state index is 0.170. The Morgan fingerprint density at radius 1 is 0.960 bits per heavy atom. The molecule has 6 nitrogen and oxygen atoms in total. The molecule has 4 rings (SSSR count). The van der Waals surface area contributed by atoms with Crippen LogP contribution in [-0.4, -0.2) is 20.2 Å². The van der Waals surface area contributed by atoms with Crippen LogP contribution in [0.3, 0.4) is 0 Å². The molecule has 2 heterocycles. The molecule has 3 N–H and O–H groups in total. The van der Waals surface area contributed by atoms with Crippen molar-refractivity contribution in [3.63, 3.8) is 0 Å². The molecule has 0 amide bonds. The average molecular weight is 333 g/mol. The normalized spacial score (nSPS) is 10.9. The predicted molar refractivity (Wildman–Crippen MR) is 95.0 cm³/mol. The van der Waals surface area contributed by atoms with E-state index in [1.54, 1.807) is 42.5 Å². The lowest BCUT2D eigenvalue weighted by Gasteiger charge is -2.06. The zero-order valence-corrected chi connectivity index (χ0v) is 13.4. The molecule has 0 bridgehead atoms. The fourth-order valence-electron chi connectivity index (χ4n) is 2.77. The van der Waals surface area contributed by atoms with Gasteiger partial charge in [-0.2, -0.15) is 0 Å². The SMILES string of the molecule is Cc1c(-c2ccc(O)cc2)oc2ncnc(Nc3cccc(O)c3)c12.